The van der Waals surface area contributed by atoms with E-state index in [2.05, 4.69) is 14.8 Å². The zero-order valence-corrected chi connectivity index (χ0v) is 14.8. The van der Waals surface area contributed by atoms with Crippen LogP contribution in [0.25, 0.3) is 0 Å². The maximum Gasteiger partial charge on any atom is 0.256 e. The number of aryl methyl sites for hydroxylation is 1. The highest BCUT2D eigenvalue weighted by Gasteiger charge is 2.20. The first-order valence-electron chi connectivity index (χ1n) is 9.26. The Kier molecular flexibility index (Phi) is 6.40. The van der Waals surface area contributed by atoms with Gasteiger partial charge >= 0.3 is 0 Å². The SMILES string of the molecule is Cc1cncn(CC2CCN(CCN3CCCOCC3)CC2)c1=O. The van der Waals surface area contributed by atoms with Crippen LogP contribution in [0.1, 0.15) is 24.8 Å². The lowest BCUT2D eigenvalue weighted by Gasteiger charge is -2.33. The quantitative estimate of drug-likeness (QED) is 0.804. The number of ether oxygens (including phenoxy) is 1. The van der Waals surface area contributed by atoms with Crippen molar-refractivity contribution in [3.05, 3.63) is 28.4 Å². The van der Waals surface area contributed by atoms with Crippen LogP contribution in [0.3, 0.4) is 0 Å². The Morgan fingerprint density at radius 3 is 2.67 bits per heavy atom. The Labute approximate surface area is 144 Å². The van der Waals surface area contributed by atoms with Crippen LogP contribution >= 0.6 is 0 Å². The Morgan fingerprint density at radius 2 is 1.88 bits per heavy atom. The van der Waals surface area contributed by atoms with Gasteiger partial charge in [0.05, 0.1) is 12.9 Å². The molecule has 6 nitrogen and oxygen atoms in total. The first-order valence-corrected chi connectivity index (χ1v) is 9.26. The van der Waals surface area contributed by atoms with Gasteiger partial charge in [-0.2, -0.15) is 0 Å². The molecule has 0 radical (unpaired) electrons. The molecule has 0 aliphatic carbocycles. The van der Waals surface area contributed by atoms with E-state index in [1.54, 1.807) is 17.1 Å². The molecule has 1 aromatic rings. The fourth-order valence-electron chi connectivity index (χ4n) is 3.66. The molecule has 0 aromatic carbocycles. The summed E-state index contributed by atoms with van der Waals surface area (Å²) in [5, 5.41) is 0. The average Bonchev–Trinajstić information content (AvgIpc) is 2.87. The maximum atomic E-state index is 12.1. The topological polar surface area (TPSA) is 50.6 Å². The number of piperidine rings is 1. The van der Waals surface area contributed by atoms with E-state index in [1.807, 2.05) is 6.92 Å². The van der Waals surface area contributed by atoms with Crippen LogP contribution in [-0.2, 0) is 11.3 Å². The molecule has 0 amide bonds. The molecule has 0 spiro atoms. The second-order valence-corrected chi connectivity index (χ2v) is 7.13. The van der Waals surface area contributed by atoms with Crippen molar-refractivity contribution in [2.75, 3.05) is 52.5 Å². The molecule has 2 fully saturated rings. The van der Waals surface area contributed by atoms with E-state index in [9.17, 15) is 4.79 Å². The monoisotopic (exact) mass is 334 g/mol. The van der Waals surface area contributed by atoms with Crippen molar-refractivity contribution in [3.8, 4) is 0 Å². The van der Waals surface area contributed by atoms with Crippen LogP contribution in [-0.4, -0.2) is 71.8 Å². The van der Waals surface area contributed by atoms with E-state index in [-0.39, 0.29) is 5.56 Å². The zero-order valence-electron chi connectivity index (χ0n) is 14.8. The van der Waals surface area contributed by atoms with Gasteiger partial charge in [0.2, 0.25) is 0 Å². The lowest BCUT2D eigenvalue weighted by Crippen LogP contribution is -2.41. The van der Waals surface area contributed by atoms with E-state index in [0.717, 1.165) is 64.5 Å². The largest absolute Gasteiger partial charge is 0.380 e. The summed E-state index contributed by atoms with van der Waals surface area (Å²) in [4.78, 5) is 21.4. The normalized spacial score (nSPS) is 21.7. The van der Waals surface area contributed by atoms with E-state index in [0.29, 0.717) is 5.92 Å². The molecule has 0 saturated carbocycles. The van der Waals surface area contributed by atoms with E-state index in [4.69, 9.17) is 4.74 Å². The highest BCUT2D eigenvalue weighted by Crippen LogP contribution is 2.18. The molecule has 3 heterocycles. The molecule has 24 heavy (non-hydrogen) atoms. The van der Waals surface area contributed by atoms with Crippen LogP contribution in [0.5, 0.6) is 0 Å². The second-order valence-electron chi connectivity index (χ2n) is 7.13. The molecule has 0 N–H and O–H groups in total. The van der Waals surface area contributed by atoms with Gasteiger partial charge in [0.1, 0.15) is 0 Å². The van der Waals surface area contributed by atoms with Gasteiger partial charge in [-0.05, 0) is 45.2 Å². The standard InChI is InChI=1S/C18H30N4O2/c1-16-13-19-15-22(18(16)23)14-17-3-6-21(7-4-17)9-8-20-5-2-11-24-12-10-20/h13,15,17H,2-12,14H2,1H3. The van der Waals surface area contributed by atoms with Crippen molar-refractivity contribution in [3.63, 3.8) is 0 Å². The van der Waals surface area contributed by atoms with E-state index >= 15 is 0 Å². The van der Waals surface area contributed by atoms with E-state index < -0.39 is 0 Å². The molecule has 6 heteroatoms. The predicted octanol–water partition coefficient (Wildman–Crippen LogP) is 0.986. The maximum absolute atomic E-state index is 12.1. The van der Waals surface area contributed by atoms with Crippen molar-refractivity contribution in [2.24, 2.45) is 5.92 Å². The summed E-state index contributed by atoms with van der Waals surface area (Å²) in [6.07, 6.45) is 6.83. The summed E-state index contributed by atoms with van der Waals surface area (Å²) in [5.41, 5.74) is 0.840. The molecule has 2 aliphatic rings. The summed E-state index contributed by atoms with van der Waals surface area (Å²) in [7, 11) is 0. The summed E-state index contributed by atoms with van der Waals surface area (Å²) in [6, 6.07) is 0. The number of hydrogen-bond acceptors (Lipinski definition) is 5. The predicted molar refractivity (Wildman–Crippen MR) is 94.3 cm³/mol. The first-order chi connectivity index (χ1) is 11.7. The fraction of sp³-hybridized carbons (Fsp3) is 0.778. The molecule has 2 saturated heterocycles. The van der Waals surface area contributed by atoms with Crippen LogP contribution in [0.4, 0.5) is 0 Å². The average molecular weight is 334 g/mol. The third-order valence-corrected chi connectivity index (χ3v) is 5.28. The summed E-state index contributed by atoms with van der Waals surface area (Å²) in [5.74, 6) is 0.592. The van der Waals surface area contributed by atoms with E-state index in [1.165, 1.54) is 19.4 Å². The minimum atomic E-state index is 0.107. The summed E-state index contributed by atoms with van der Waals surface area (Å²) < 4.78 is 7.30. The van der Waals surface area contributed by atoms with Gasteiger partial charge in [0.25, 0.3) is 5.56 Å². The third kappa shape index (κ3) is 4.88. The minimum Gasteiger partial charge on any atom is -0.380 e. The Morgan fingerprint density at radius 1 is 1.12 bits per heavy atom. The molecular weight excluding hydrogens is 304 g/mol. The highest BCUT2D eigenvalue weighted by molar-refractivity contribution is 5.00. The molecular formula is C18H30N4O2. The molecule has 2 aliphatic heterocycles. The first kappa shape index (κ1) is 17.6. The summed E-state index contributed by atoms with van der Waals surface area (Å²) >= 11 is 0. The van der Waals surface area contributed by atoms with Gasteiger partial charge in [-0.3, -0.25) is 14.3 Å². The lowest BCUT2D eigenvalue weighted by molar-refractivity contribution is 0.129. The zero-order chi connectivity index (χ0) is 16.8. The van der Waals surface area contributed by atoms with Crippen molar-refractivity contribution in [1.82, 2.24) is 19.4 Å². The molecule has 0 atom stereocenters. The second kappa shape index (κ2) is 8.74. The molecule has 134 valence electrons. The lowest BCUT2D eigenvalue weighted by atomic mass is 9.96. The van der Waals surface area contributed by atoms with Crippen LogP contribution in [0.15, 0.2) is 17.3 Å². The number of nitrogens with zero attached hydrogens (tertiary/aromatic N) is 4. The van der Waals surface area contributed by atoms with Crippen LogP contribution < -0.4 is 5.56 Å². The fourth-order valence-corrected chi connectivity index (χ4v) is 3.66. The van der Waals surface area contributed by atoms with Crippen molar-refractivity contribution in [1.29, 1.82) is 0 Å². The van der Waals surface area contributed by atoms with Gasteiger partial charge in [0, 0.05) is 51.1 Å². The Balaban J connectivity index is 1.40. The van der Waals surface area contributed by atoms with Crippen LogP contribution in [0.2, 0.25) is 0 Å². The van der Waals surface area contributed by atoms with Gasteiger partial charge in [0.15, 0.2) is 0 Å². The van der Waals surface area contributed by atoms with Crippen molar-refractivity contribution in [2.45, 2.75) is 32.7 Å². The van der Waals surface area contributed by atoms with Gasteiger partial charge < -0.3 is 9.64 Å². The molecule has 0 unspecified atom stereocenters. The number of hydrogen-bond donors (Lipinski definition) is 0. The number of rotatable bonds is 5. The van der Waals surface area contributed by atoms with Crippen molar-refractivity contribution >= 4 is 0 Å². The number of likely N-dealkylation sites (tertiary alicyclic amines) is 1. The van der Waals surface area contributed by atoms with Crippen molar-refractivity contribution < 1.29 is 4.74 Å². The van der Waals surface area contributed by atoms with Gasteiger partial charge in [-0.1, -0.05) is 0 Å². The summed E-state index contributed by atoms with van der Waals surface area (Å²) in [6.45, 7) is 11.3. The minimum absolute atomic E-state index is 0.107. The molecule has 3 rings (SSSR count). The van der Waals surface area contributed by atoms with Gasteiger partial charge in [-0.15, -0.1) is 0 Å². The van der Waals surface area contributed by atoms with Crippen LogP contribution in [0, 0.1) is 12.8 Å². The molecule has 1 aromatic heterocycles. The molecule has 0 bridgehead atoms. The Hall–Kier alpha value is -1.24. The number of aromatic nitrogens is 2. The Bertz CT molecular complexity index is 558. The third-order valence-electron chi connectivity index (χ3n) is 5.28. The van der Waals surface area contributed by atoms with Gasteiger partial charge in [-0.25, -0.2) is 4.98 Å². The highest BCUT2D eigenvalue weighted by atomic mass is 16.5. The smallest absolute Gasteiger partial charge is 0.256 e.